The van der Waals surface area contributed by atoms with Crippen molar-refractivity contribution in [3.05, 3.63) is 82.1 Å². The van der Waals surface area contributed by atoms with E-state index in [0.717, 1.165) is 18.6 Å². The van der Waals surface area contributed by atoms with Crippen LogP contribution in [-0.4, -0.2) is 6.23 Å². The molecule has 0 N–H and O–H groups in total. The SMILES string of the molecule is CCC1c2cc(C)cc3c2N2C(=C(C(C)C)OC2C1CC)c1ccc(-c2c(C(C)C)cccc2C(C)C)cc1-3. The summed E-state index contributed by atoms with van der Waals surface area (Å²) >= 11 is 0. The molecule has 0 saturated heterocycles. The van der Waals surface area contributed by atoms with Gasteiger partial charge in [-0.2, -0.15) is 0 Å². The van der Waals surface area contributed by atoms with Crippen molar-refractivity contribution in [2.24, 2.45) is 11.8 Å². The fourth-order valence-corrected chi connectivity index (χ4v) is 7.69. The van der Waals surface area contributed by atoms with Crippen LogP contribution in [0.5, 0.6) is 0 Å². The number of hydrogen-bond donors (Lipinski definition) is 0. The number of benzene rings is 3. The molecule has 3 aliphatic rings. The zero-order chi connectivity index (χ0) is 27.7. The molecular weight excluding hydrogens is 474 g/mol. The van der Waals surface area contributed by atoms with Crippen molar-refractivity contribution >= 4 is 11.4 Å². The Balaban J connectivity index is 1.68. The van der Waals surface area contributed by atoms with Gasteiger partial charge in [0.25, 0.3) is 0 Å². The van der Waals surface area contributed by atoms with E-state index in [2.05, 4.69) is 116 Å². The molecule has 3 aliphatic heterocycles. The molecule has 6 rings (SSSR count). The number of allylic oxidation sites excluding steroid dienone is 1. The Morgan fingerprint density at radius 2 is 1.46 bits per heavy atom. The summed E-state index contributed by atoms with van der Waals surface area (Å²) in [5.74, 6) is 3.42. The monoisotopic (exact) mass is 519 g/mol. The Morgan fingerprint density at radius 3 is 2.05 bits per heavy atom. The van der Waals surface area contributed by atoms with Gasteiger partial charge in [0, 0.05) is 23.0 Å². The third kappa shape index (κ3) is 3.81. The standard InChI is InChI=1S/C37H45NO/c1-10-25-26(11-2)37-38-34-31(25)17-23(9)18-32(34)30-19-24(15-16-29(30)35(38)36(39-37)22(7)8)33-27(20(3)4)13-12-14-28(33)21(5)6/h12-22,25-26,37H,10-11H2,1-9H3. The van der Waals surface area contributed by atoms with Crippen LogP contribution in [0.15, 0.2) is 54.3 Å². The molecule has 39 heavy (non-hydrogen) atoms. The van der Waals surface area contributed by atoms with Crippen molar-refractivity contribution in [1.29, 1.82) is 0 Å². The Labute approximate surface area is 236 Å². The first kappa shape index (κ1) is 26.2. The van der Waals surface area contributed by atoms with Crippen molar-refractivity contribution in [3.63, 3.8) is 0 Å². The van der Waals surface area contributed by atoms with Crippen molar-refractivity contribution in [3.8, 4) is 22.3 Å². The molecule has 2 nitrogen and oxygen atoms in total. The number of hydrogen-bond acceptors (Lipinski definition) is 2. The first-order valence-electron chi connectivity index (χ1n) is 15.3. The van der Waals surface area contributed by atoms with Crippen LogP contribution in [0.2, 0.25) is 0 Å². The summed E-state index contributed by atoms with van der Waals surface area (Å²) < 4.78 is 6.96. The molecule has 204 valence electrons. The zero-order valence-corrected chi connectivity index (χ0v) is 25.4. The fraction of sp³-hybridized carbons (Fsp3) is 0.459. The summed E-state index contributed by atoms with van der Waals surface area (Å²) in [7, 11) is 0. The molecule has 3 aromatic carbocycles. The first-order valence-corrected chi connectivity index (χ1v) is 15.3. The summed E-state index contributed by atoms with van der Waals surface area (Å²) in [6.07, 6.45) is 2.35. The minimum absolute atomic E-state index is 0.0864. The van der Waals surface area contributed by atoms with Crippen LogP contribution >= 0.6 is 0 Å². The van der Waals surface area contributed by atoms with Crippen molar-refractivity contribution in [2.75, 3.05) is 4.90 Å². The highest BCUT2D eigenvalue weighted by Gasteiger charge is 2.50. The van der Waals surface area contributed by atoms with Gasteiger partial charge in [-0.05, 0) is 83.0 Å². The van der Waals surface area contributed by atoms with Crippen LogP contribution in [0.25, 0.3) is 28.0 Å². The van der Waals surface area contributed by atoms with Crippen LogP contribution in [0.3, 0.4) is 0 Å². The van der Waals surface area contributed by atoms with Crippen molar-refractivity contribution in [1.82, 2.24) is 0 Å². The number of nitrogens with zero attached hydrogens (tertiary/aromatic N) is 1. The number of anilines is 1. The molecule has 0 fully saturated rings. The fourth-order valence-electron chi connectivity index (χ4n) is 7.69. The van der Waals surface area contributed by atoms with Crippen LogP contribution in [0, 0.1) is 18.8 Å². The van der Waals surface area contributed by atoms with E-state index in [1.807, 2.05) is 0 Å². The van der Waals surface area contributed by atoms with E-state index in [-0.39, 0.29) is 6.23 Å². The van der Waals surface area contributed by atoms with Gasteiger partial charge in [-0.15, -0.1) is 0 Å². The minimum atomic E-state index is 0.0864. The molecule has 0 spiro atoms. The predicted molar refractivity (Wildman–Crippen MR) is 166 cm³/mol. The average Bonchev–Trinajstić information content (AvgIpc) is 3.32. The molecule has 0 aromatic heterocycles. The van der Waals surface area contributed by atoms with Crippen LogP contribution in [-0.2, 0) is 4.74 Å². The lowest BCUT2D eigenvalue weighted by molar-refractivity contribution is 0.0556. The second-order valence-corrected chi connectivity index (χ2v) is 13.0. The first-order chi connectivity index (χ1) is 18.7. The van der Waals surface area contributed by atoms with Crippen LogP contribution in [0.4, 0.5) is 5.69 Å². The summed E-state index contributed by atoms with van der Waals surface area (Å²) in [6, 6.07) is 19.1. The molecule has 2 heteroatoms. The van der Waals surface area contributed by atoms with Gasteiger partial charge >= 0.3 is 0 Å². The third-order valence-electron chi connectivity index (χ3n) is 9.45. The predicted octanol–water partition coefficient (Wildman–Crippen LogP) is 10.6. The van der Waals surface area contributed by atoms with Gasteiger partial charge in [0.15, 0.2) is 6.23 Å². The zero-order valence-electron chi connectivity index (χ0n) is 25.4. The van der Waals surface area contributed by atoms with Crippen LogP contribution in [0.1, 0.15) is 114 Å². The van der Waals surface area contributed by atoms with E-state index in [1.165, 1.54) is 61.5 Å². The molecule has 0 amide bonds. The highest BCUT2D eigenvalue weighted by molar-refractivity contribution is 6.03. The van der Waals surface area contributed by atoms with Crippen molar-refractivity contribution in [2.45, 2.75) is 99.1 Å². The molecule has 0 radical (unpaired) electrons. The molecule has 3 aromatic rings. The van der Waals surface area contributed by atoms with E-state index in [9.17, 15) is 0 Å². The third-order valence-corrected chi connectivity index (χ3v) is 9.45. The molecule has 3 unspecified atom stereocenters. The maximum Gasteiger partial charge on any atom is 0.179 e. The van der Waals surface area contributed by atoms with Gasteiger partial charge in [-0.1, -0.05) is 97.4 Å². The maximum atomic E-state index is 6.96. The Morgan fingerprint density at radius 1 is 0.769 bits per heavy atom. The lowest BCUT2D eigenvalue weighted by Gasteiger charge is -2.46. The summed E-state index contributed by atoms with van der Waals surface area (Å²) in [5, 5.41) is 0. The summed E-state index contributed by atoms with van der Waals surface area (Å²) in [5.41, 5.74) is 15.3. The molecule has 3 heterocycles. The van der Waals surface area contributed by atoms with Crippen molar-refractivity contribution < 1.29 is 4.74 Å². The second-order valence-electron chi connectivity index (χ2n) is 13.0. The minimum Gasteiger partial charge on any atom is -0.472 e. The normalized spacial score (nSPS) is 21.1. The van der Waals surface area contributed by atoms with Crippen LogP contribution < -0.4 is 4.90 Å². The number of ether oxygens (including phenoxy) is 1. The Hall–Kier alpha value is -3.00. The molecule has 0 aliphatic carbocycles. The van der Waals surface area contributed by atoms with Gasteiger partial charge < -0.3 is 9.64 Å². The van der Waals surface area contributed by atoms with Gasteiger partial charge in [-0.25, -0.2) is 0 Å². The Bertz CT molecular complexity index is 1450. The smallest absolute Gasteiger partial charge is 0.179 e. The number of aryl methyl sites for hydroxylation is 1. The number of fused-ring (bicyclic) bond motifs is 3. The Kier molecular flexibility index (Phi) is 6.44. The van der Waals surface area contributed by atoms with E-state index < -0.39 is 0 Å². The highest BCUT2D eigenvalue weighted by Crippen LogP contribution is 2.60. The molecule has 0 saturated carbocycles. The van der Waals surface area contributed by atoms with E-state index >= 15 is 0 Å². The van der Waals surface area contributed by atoms with Gasteiger partial charge in [0.1, 0.15) is 5.76 Å². The average molecular weight is 520 g/mol. The van der Waals surface area contributed by atoms with Gasteiger partial charge in [-0.3, -0.25) is 0 Å². The molecule has 0 bridgehead atoms. The quantitative estimate of drug-likeness (QED) is 0.321. The topological polar surface area (TPSA) is 12.5 Å². The lowest BCUT2D eigenvalue weighted by atomic mass is 9.73. The van der Waals surface area contributed by atoms with Gasteiger partial charge in [0.05, 0.1) is 11.4 Å². The maximum absolute atomic E-state index is 6.96. The summed E-state index contributed by atoms with van der Waals surface area (Å²) in [6.45, 7) is 20.8. The van der Waals surface area contributed by atoms with E-state index in [1.54, 1.807) is 0 Å². The highest BCUT2D eigenvalue weighted by atomic mass is 16.5. The summed E-state index contributed by atoms with van der Waals surface area (Å²) in [4.78, 5) is 2.60. The second kappa shape index (κ2) is 9.58. The number of rotatable bonds is 6. The largest absolute Gasteiger partial charge is 0.472 e. The van der Waals surface area contributed by atoms with E-state index in [4.69, 9.17) is 4.74 Å². The van der Waals surface area contributed by atoms with Gasteiger partial charge in [0.2, 0.25) is 0 Å². The molecular formula is C37H45NO. The van der Waals surface area contributed by atoms with E-state index in [0.29, 0.717) is 29.6 Å². The lowest BCUT2D eigenvalue weighted by Crippen LogP contribution is -2.45. The molecule has 3 atom stereocenters.